The molecule has 7 heteroatoms. The number of piperidine rings is 1. The Balaban J connectivity index is 2.77. The molecule has 1 rings (SSSR count). The first-order chi connectivity index (χ1) is 9.15. The summed E-state index contributed by atoms with van der Waals surface area (Å²) < 4.78 is 4.71. The molecule has 0 aromatic heterocycles. The minimum absolute atomic E-state index is 0.127. The third kappa shape index (κ3) is 4.11. The van der Waals surface area contributed by atoms with Crippen molar-refractivity contribution in [3.05, 3.63) is 0 Å². The van der Waals surface area contributed by atoms with Crippen LogP contribution in [-0.2, 0) is 14.3 Å². The molecule has 2 atom stereocenters. The zero-order valence-corrected chi connectivity index (χ0v) is 12.4. The van der Waals surface area contributed by atoms with Gasteiger partial charge in [-0.25, -0.2) is 4.79 Å². The highest BCUT2D eigenvalue weighted by atomic mass is 16.5. The molecule has 0 aromatic carbocycles. The zero-order valence-electron chi connectivity index (χ0n) is 12.4. The Kier molecular flexibility index (Phi) is 4.97. The second kappa shape index (κ2) is 6.11. The Bertz CT molecular complexity index is 403. The molecule has 0 radical (unpaired) electrons. The number of esters is 1. The van der Waals surface area contributed by atoms with Crippen molar-refractivity contribution in [2.45, 2.75) is 33.2 Å². The molecule has 1 heterocycles. The van der Waals surface area contributed by atoms with E-state index in [1.54, 1.807) is 20.8 Å². The summed E-state index contributed by atoms with van der Waals surface area (Å²) in [6.45, 7) is 5.94. The van der Waals surface area contributed by atoms with Crippen molar-refractivity contribution in [2.75, 3.05) is 20.2 Å². The van der Waals surface area contributed by atoms with Crippen LogP contribution in [0.1, 0.15) is 27.2 Å². The lowest BCUT2D eigenvalue weighted by atomic mass is 9.91. The highest BCUT2D eigenvalue weighted by molar-refractivity contribution is 5.82. The molecule has 0 spiro atoms. The Labute approximate surface area is 118 Å². The van der Waals surface area contributed by atoms with E-state index >= 15 is 0 Å². The highest BCUT2D eigenvalue weighted by Crippen LogP contribution is 2.20. The lowest BCUT2D eigenvalue weighted by Gasteiger charge is -2.37. The largest absolute Gasteiger partial charge is 0.469 e. The maximum absolute atomic E-state index is 12.0. The summed E-state index contributed by atoms with van der Waals surface area (Å²) in [7, 11) is 1.30. The van der Waals surface area contributed by atoms with Crippen LogP contribution in [0.5, 0.6) is 0 Å². The standard InChI is InChI=1S/C13H23N3O4/c1-13(2,3)11(18)15-9-5-8(10(17)20-4)6-16(7-9)12(14)19/h8-9H,5-7H2,1-4H3,(H2,14,19)(H,15,18). The van der Waals surface area contributed by atoms with E-state index in [2.05, 4.69) is 5.32 Å². The van der Waals surface area contributed by atoms with Crippen molar-refractivity contribution in [3.63, 3.8) is 0 Å². The molecule has 3 amide bonds. The number of methoxy groups -OCH3 is 1. The number of rotatable bonds is 2. The number of likely N-dealkylation sites (tertiary alicyclic amines) is 1. The van der Waals surface area contributed by atoms with Crippen molar-refractivity contribution in [2.24, 2.45) is 17.1 Å². The lowest BCUT2D eigenvalue weighted by molar-refractivity contribution is -0.147. The Morgan fingerprint density at radius 2 is 1.85 bits per heavy atom. The number of carbonyl (C=O) groups is 3. The molecule has 1 aliphatic heterocycles. The van der Waals surface area contributed by atoms with Gasteiger partial charge in [0.2, 0.25) is 5.91 Å². The van der Waals surface area contributed by atoms with E-state index in [-0.39, 0.29) is 18.5 Å². The number of nitrogens with zero attached hydrogens (tertiary/aromatic N) is 1. The zero-order chi connectivity index (χ0) is 15.5. The summed E-state index contributed by atoms with van der Waals surface area (Å²) in [5, 5.41) is 2.86. The summed E-state index contributed by atoms with van der Waals surface area (Å²) in [5.41, 5.74) is 4.74. The Morgan fingerprint density at radius 3 is 2.30 bits per heavy atom. The molecule has 0 aromatic rings. The fourth-order valence-electron chi connectivity index (χ4n) is 2.12. The van der Waals surface area contributed by atoms with Crippen LogP contribution in [0.25, 0.3) is 0 Å². The van der Waals surface area contributed by atoms with Gasteiger partial charge >= 0.3 is 12.0 Å². The Hall–Kier alpha value is -1.79. The summed E-state index contributed by atoms with van der Waals surface area (Å²) in [4.78, 5) is 36.3. The first-order valence-electron chi connectivity index (χ1n) is 6.58. The van der Waals surface area contributed by atoms with Crippen molar-refractivity contribution in [3.8, 4) is 0 Å². The van der Waals surface area contributed by atoms with E-state index in [1.807, 2.05) is 0 Å². The summed E-state index contributed by atoms with van der Waals surface area (Å²) in [5.74, 6) is -0.991. The van der Waals surface area contributed by atoms with Crippen LogP contribution in [0.15, 0.2) is 0 Å². The third-order valence-electron chi connectivity index (χ3n) is 3.31. The number of hydrogen-bond acceptors (Lipinski definition) is 4. The highest BCUT2D eigenvalue weighted by Gasteiger charge is 2.35. The molecule has 1 fully saturated rings. The van der Waals surface area contributed by atoms with Gasteiger partial charge in [0.25, 0.3) is 0 Å². The molecule has 0 bridgehead atoms. The monoisotopic (exact) mass is 285 g/mol. The molecular weight excluding hydrogens is 262 g/mol. The van der Waals surface area contributed by atoms with Crippen LogP contribution in [-0.4, -0.2) is 49.0 Å². The third-order valence-corrected chi connectivity index (χ3v) is 3.31. The number of ether oxygens (including phenoxy) is 1. The average molecular weight is 285 g/mol. The molecule has 2 unspecified atom stereocenters. The predicted molar refractivity (Wildman–Crippen MR) is 72.7 cm³/mol. The minimum Gasteiger partial charge on any atom is -0.469 e. The van der Waals surface area contributed by atoms with Crippen molar-refractivity contribution in [1.29, 1.82) is 0 Å². The summed E-state index contributed by atoms with van der Waals surface area (Å²) in [6.07, 6.45) is 0.443. The lowest BCUT2D eigenvalue weighted by Crippen LogP contribution is -2.56. The molecule has 20 heavy (non-hydrogen) atoms. The number of nitrogens with two attached hydrogens (primary N) is 1. The van der Waals surface area contributed by atoms with Crippen LogP contribution < -0.4 is 11.1 Å². The van der Waals surface area contributed by atoms with Gasteiger partial charge in [0.1, 0.15) is 0 Å². The minimum atomic E-state index is -0.603. The molecule has 1 saturated heterocycles. The summed E-state index contributed by atoms with van der Waals surface area (Å²) >= 11 is 0. The average Bonchev–Trinajstić information content (AvgIpc) is 2.36. The molecule has 7 nitrogen and oxygen atoms in total. The number of urea groups is 1. The topological polar surface area (TPSA) is 102 Å². The van der Waals surface area contributed by atoms with Gasteiger partial charge in [-0.2, -0.15) is 0 Å². The van der Waals surface area contributed by atoms with E-state index in [0.717, 1.165) is 0 Å². The maximum atomic E-state index is 12.0. The van der Waals surface area contributed by atoms with Gasteiger partial charge in [-0.3, -0.25) is 9.59 Å². The van der Waals surface area contributed by atoms with E-state index in [4.69, 9.17) is 10.5 Å². The van der Waals surface area contributed by atoms with Gasteiger partial charge in [-0.05, 0) is 6.42 Å². The first-order valence-corrected chi connectivity index (χ1v) is 6.58. The van der Waals surface area contributed by atoms with Gasteiger partial charge < -0.3 is 20.7 Å². The van der Waals surface area contributed by atoms with Crippen molar-refractivity contribution >= 4 is 17.9 Å². The number of primary amides is 1. The van der Waals surface area contributed by atoms with Crippen LogP contribution in [0, 0.1) is 11.3 Å². The van der Waals surface area contributed by atoms with Crippen molar-refractivity contribution in [1.82, 2.24) is 10.2 Å². The van der Waals surface area contributed by atoms with Crippen LogP contribution >= 0.6 is 0 Å². The number of nitrogens with one attached hydrogen (secondary N) is 1. The van der Waals surface area contributed by atoms with E-state index < -0.39 is 23.3 Å². The normalized spacial score (nSPS) is 23.1. The van der Waals surface area contributed by atoms with E-state index in [1.165, 1.54) is 12.0 Å². The van der Waals surface area contributed by atoms with Gasteiger partial charge in [0, 0.05) is 24.5 Å². The van der Waals surface area contributed by atoms with Crippen molar-refractivity contribution < 1.29 is 19.1 Å². The first kappa shape index (κ1) is 16.3. The van der Waals surface area contributed by atoms with E-state index in [9.17, 15) is 14.4 Å². The molecule has 0 saturated carbocycles. The number of amides is 3. The number of hydrogen-bond donors (Lipinski definition) is 2. The number of carbonyl (C=O) groups excluding carboxylic acids is 3. The van der Waals surface area contributed by atoms with E-state index in [0.29, 0.717) is 13.0 Å². The van der Waals surface area contributed by atoms with Gasteiger partial charge in [-0.1, -0.05) is 20.8 Å². The molecular formula is C13H23N3O4. The molecule has 0 aliphatic carbocycles. The van der Waals surface area contributed by atoms with Gasteiger partial charge in [0.05, 0.1) is 13.0 Å². The van der Waals surface area contributed by atoms with Crippen LogP contribution in [0.4, 0.5) is 4.79 Å². The second-order valence-electron chi connectivity index (χ2n) is 6.12. The fourth-order valence-corrected chi connectivity index (χ4v) is 2.12. The maximum Gasteiger partial charge on any atom is 0.314 e. The molecule has 3 N–H and O–H groups in total. The fraction of sp³-hybridized carbons (Fsp3) is 0.769. The van der Waals surface area contributed by atoms with Crippen LogP contribution in [0.2, 0.25) is 0 Å². The quantitative estimate of drug-likeness (QED) is 0.702. The van der Waals surface area contributed by atoms with Gasteiger partial charge in [-0.15, -0.1) is 0 Å². The smallest absolute Gasteiger partial charge is 0.314 e. The second-order valence-corrected chi connectivity index (χ2v) is 6.12. The predicted octanol–water partition coefficient (Wildman–Crippen LogP) is 0.0909. The molecule has 1 aliphatic rings. The summed E-state index contributed by atoms with van der Waals surface area (Å²) in [6, 6.07) is -0.902. The Morgan fingerprint density at radius 1 is 1.25 bits per heavy atom. The van der Waals surface area contributed by atoms with Crippen LogP contribution in [0.3, 0.4) is 0 Å². The SMILES string of the molecule is COC(=O)C1CC(NC(=O)C(C)(C)C)CN(C(N)=O)C1. The van der Waals surface area contributed by atoms with Gasteiger partial charge in [0.15, 0.2) is 0 Å². The molecule has 114 valence electrons.